The Labute approximate surface area is 214 Å². The molecule has 0 fully saturated rings. The van der Waals surface area contributed by atoms with Gasteiger partial charge in [0.25, 0.3) is 0 Å². The molecule has 0 unspecified atom stereocenters. The van der Waals surface area contributed by atoms with Crippen molar-refractivity contribution >= 4 is 17.5 Å². The van der Waals surface area contributed by atoms with Gasteiger partial charge in [0.15, 0.2) is 23.9 Å². The number of carbonyl (C=O) groups is 3. The van der Waals surface area contributed by atoms with E-state index in [4.69, 9.17) is 14.2 Å². The van der Waals surface area contributed by atoms with Crippen LogP contribution in [0.1, 0.15) is 53.6 Å². The molecule has 2 heterocycles. The molecule has 5 rings (SSSR count). The van der Waals surface area contributed by atoms with Crippen LogP contribution < -0.4 is 9.47 Å². The molecule has 0 amide bonds. The Bertz CT molecular complexity index is 1530. The van der Waals surface area contributed by atoms with E-state index >= 15 is 0 Å². The maximum atomic E-state index is 13.1. The highest BCUT2D eigenvalue weighted by atomic mass is 16.7. The minimum atomic E-state index is -0.728. The first-order valence-corrected chi connectivity index (χ1v) is 11.8. The molecule has 0 spiro atoms. The summed E-state index contributed by atoms with van der Waals surface area (Å²) in [6.45, 7) is 5.40. The van der Waals surface area contributed by atoms with E-state index in [-0.39, 0.29) is 29.5 Å². The highest BCUT2D eigenvalue weighted by Crippen LogP contribution is 2.35. The fraction of sp³-hybridized carbons (Fsp3) is 0.167. The number of esters is 1. The third-order valence-corrected chi connectivity index (χ3v) is 6.39. The number of hydrogen-bond donors (Lipinski definition) is 0. The van der Waals surface area contributed by atoms with Gasteiger partial charge in [-0.15, -0.1) is 0 Å². The highest BCUT2D eigenvalue weighted by molar-refractivity contribution is 6.14. The summed E-state index contributed by atoms with van der Waals surface area (Å²) in [5, 5.41) is 0. The molecule has 0 atom stereocenters. The molecule has 0 saturated carbocycles. The first-order valence-electron chi connectivity index (χ1n) is 11.8. The van der Waals surface area contributed by atoms with Gasteiger partial charge in [0.1, 0.15) is 0 Å². The van der Waals surface area contributed by atoms with Gasteiger partial charge < -0.3 is 18.8 Å². The van der Waals surface area contributed by atoms with Crippen molar-refractivity contribution in [2.45, 2.75) is 20.8 Å². The minimum absolute atomic E-state index is 0.117. The lowest BCUT2D eigenvalue weighted by molar-refractivity contribution is 0.0472. The third-order valence-electron chi connectivity index (χ3n) is 6.39. The van der Waals surface area contributed by atoms with Gasteiger partial charge in [-0.2, -0.15) is 0 Å². The summed E-state index contributed by atoms with van der Waals surface area (Å²) < 4.78 is 18.2. The minimum Gasteiger partial charge on any atom is -0.454 e. The summed E-state index contributed by atoms with van der Waals surface area (Å²) in [6, 6.07) is 20.9. The van der Waals surface area contributed by atoms with E-state index in [1.54, 1.807) is 36.4 Å². The summed E-state index contributed by atoms with van der Waals surface area (Å²) in [7, 11) is 0. The lowest BCUT2D eigenvalue weighted by Gasteiger charge is -2.11. The van der Waals surface area contributed by atoms with Crippen LogP contribution in [0.15, 0.2) is 72.8 Å². The molecule has 1 aliphatic rings. The van der Waals surface area contributed by atoms with E-state index in [0.29, 0.717) is 28.3 Å². The molecule has 0 bridgehead atoms. The van der Waals surface area contributed by atoms with Crippen LogP contribution in [-0.2, 0) is 4.74 Å². The monoisotopic (exact) mass is 495 g/mol. The van der Waals surface area contributed by atoms with E-state index < -0.39 is 12.6 Å². The molecule has 4 aromatic rings. The Hall–Kier alpha value is -4.65. The standard InChI is InChI=1S/C30H25NO6/c1-18-8-10-21(11-9-18)29(33)23-6-4-5-7-24(23)30(34)35-16-26(32)25-14-19(2)31(20(25)3)22-12-13-27-28(15-22)37-17-36-27/h4-15H,16-17H2,1-3H3. The lowest BCUT2D eigenvalue weighted by Crippen LogP contribution is -2.17. The number of aromatic nitrogens is 1. The van der Waals surface area contributed by atoms with Gasteiger partial charge >= 0.3 is 5.97 Å². The second-order valence-corrected chi connectivity index (χ2v) is 8.90. The van der Waals surface area contributed by atoms with Gasteiger partial charge in [0, 0.05) is 39.8 Å². The molecule has 7 nitrogen and oxygen atoms in total. The third kappa shape index (κ3) is 4.63. The smallest absolute Gasteiger partial charge is 0.339 e. The van der Waals surface area contributed by atoms with Crippen molar-refractivity contribution in [2.24, 2.45) is 0 Å². The van der Waals surface area contributed by atoms with Crippen molar-refractivity contribution in [2.75, 3.05) is 13.4 Å². The van der Waals surface area contributed by atoms with E-state index in [1.807, 2.05) is 55.7 Å². The zero-order chi connectivity index (χ0) is 26.1. The Kier molecular flexibility index (Phi) is 6.36. The fourth-order valence-electron chi connectivity index (χ4n) is 4.47. The summed E-state index contributed by atoms with van der Waals surface area (Å²) in [5.41, 5.74) is 4.69. The predicted molar refractivity (Wildman–Crippen MR) is 137 cm³/mol. The summed E-state index contributed by atoms with van der Waals surface area (Å²) in [5.74, 6) is -0.0304. The van der Waals surface area contributed by atoms with Crippen LogP contribution in [-0.4, -0.2) is 35.5 Å². The lowest BCUT2D eigenvalue weighted by atomic mass is 9.98. The van der Waals surface area contributed by atoms with Crippen LogP contribution in [0.5, 0.6) is 11.5 Å². The molecule has 0 saturated heterocycles. The molecule has 1 aromatic heterocycles. The van der Waals surface area contributed by atoms with Crippen molar-refractivity contribution in [3.05, 3.63) is 112 Å². The number of fused-ring (bicyclic) bond motifs is 1. The van der Waals surface area contributed by atoms with Gasteiger partial charge in [-0.3, -0.25) is 9.59 Å². The molecule has 1 aliphatic heterocycles. The molecule has 0 radical (unpaired) electrons. The molecule has 0 N–H and O–H groups in total. The molecular weight excluding hydrogens is 470 g/mol. The van der Waals surface area contributed by atoms with Crippen LogP contribution in [0.3, 0.4) is 0 Å². The second kappa shape index (κ2) is 9.78. The maximum Gasteiger partial charge on any atom is 0.339 e. The summed E-state index contributed by atoms with van der Waals surface area (Å²) in [4.78, 5) is 39.0. The number of rotatable bonds is 7. The number of hydrogen-bond acceptors (Lipinski definition) is 6. The number of aryl methyl sites for hydroxylation is 2. The van der Waals surface area contributed by atoms with E-state index in [1.165, 1.54) is 6.07 Å². The van der Waals surface area contributed by atoms with Crippen LogP contribution in [0.25, 0.3) is 5.69 Å². The number of ether oxygens (including phenoxy) is 3. The van der Waals surface area contributed by atoms with E-state index in [0.717, 1.165) is 16.9 Å². The molecule has 186 valence electrons. The largest absolute Gasteiger partial charge is 0.454 e. The Morgan fingerprint density at radius 1 is 0.811 bits per heavy atom. The average molecular weight is 496 g/mol. The average Bonchev–Trinajstić information content (AvgIpc) is 3.50. The van der Waals surface area contributed by atoms with Crippen molar-refractivity contribution in [3.63, 3.8) is 0 Å². The molecule has 0 aliphatic carbocycles. The van der Waals surface area contributed by atoms with Gasteiger partial charge in [0.05, 0.1) is 5.56 Å². The molecule has 3 aromatic carbocycles. The van der Waals surface area contributed by atoms with Gasteiger partial charge in [-0.1, -0.05) is 48.0 Å². The first kappa shape index (κ1) is 24.1. The number of carbonyl (C=O) groups excluding carboxylic acids is 3. The second-order valence-electron chi connectivity index (χ2n) is 8.90. The van der Waals surface area contributed by atoms with E-state index in [2.05, 4.69) is 0 Å². The maximum absolute atomic E-state index is 13.1. The van der Waals surface area contributed by atoms with Crippen LogP contribution in [0.4, 0.5) is 0 Å². The van der Waals surface area contributed by atoms with Crippen LogP contribution >= 0.6 is 0 Å². The Balaban J connectivity index is 1.33. The Morgan fingerprint density at radius 2 is 1.51 bits per heavy atom. The summed E-state index contributed by atoms with van der Waals surface area (Å²) >= 11 is 0. The van der Waals surface area contributed by atoms with Gasteiger partial charge in [-0.05, 0) is 45.0 Å². The molecule has 37 heavy (non-hydrogen) atoms. The molecular formula is C30H25NO6. The molecule has 7 heteroatoms. The number of ketones is 2. The zero-order valence-electron chi connectivity index (χ0n) is 20.7. The SMILES string of the molecule is Cc1ccc(C(=O)c2ccccc2C(=O)OCC(=O)c2cc(C)n(-c3ccc4c(c3)OCO4)c2C)cc1. The van der Waals surface area contributed by atoms with Crippen molar-refractivity contribution in [1.82, 2.24) is 4.57 Å². The quantitative estimate of drug-likeness (QED) is 0.252. The zero-order valence-corrected chi connectivity index (χ0v) is 20.7. The van der Waals surface area contributed by atoms with Crippen molar-refractivity contribution in [3.8, 4) is 17.2 Å². The van der Waals surface area contributed by atoms with Crippen molar-refractivity contribution in [1.29, 1.82) is 0 Å². The van der Waals surface area contributed by atoms with Gasteiger partial charge in [0.2, 0.25) is 12.6 Å². The predicted octanol–water partition coefficient (Wildman–Crippen LogP) is 5.40. The van der Waals surface area contributed by atoms with E-state index in [9.17, 15) is 14.4 Å². The van der Waals surface area contributed by atoms with Crippen LogP contribution in [0, 0.1) is 20.8 Å². The van der Waals surface area contributed by atoms with Crippen molar-refractivity contribution < 1.29 is 28.6 Å². The number of Topliss-reactive ketones (excluding diaryl/α,β-unsaturated/α-hetero) is 1. The topological polar surface area (TPSA) is 83.8 Å². The first-order chi connectivity index (χ1) is 17.8. The van der Waals surface area contributed by atoms with Crippen LogP contribution in [0.2, 0.25) is 0 Å². The highest BCUT2D eigenvalue weighted by Gasteiger charge is 2.23. The summed E-state index contributed by atoms with van der Waals surface area (Å²) in [6.07, 6.45) is 0. The Morgan fingerprint density at radius 3 is 2.27 bits per heavy atom. The number of nitrogens with zero attached hydrogens (tertiary/aromatic N) is 1. The van der Waals surface area contributed by atoms with Gasteiger partial charge in [-0.25, -0.2) is 4.79 Å². The normalized spacial score (nSPS) is 11.9. The fourth-order valence-corrected chi connectivity index (χ4v) is 4.47. The number of benzene rings is 3.